The largest absolute Gasteiger partial charge is 0.457 e. The summed E-state index contributed by atoms with van der Waals surface area (Å²) in [4.78, 5) is 32.8. The van der Waals surface area contributed by atoms with Gasteiger partial charge >= 0.3 is 5.97 Å². The van der Waals surface area contributed by atoms with Crippen LogP contribution in [0.15, 0.2) is 66.1 Å². The highest BCUT2D eigenvalue weighted by molar-refractivity contribution is 7.98. The van der Waals surface area contributed by atoms with Gasteiger partial charge in [0.15, 0.2) is 0 Å². The molecule has 0 radical (unpaired) electrons. The zero-order valence-electron chi connectivity index (χ0n) is 14.2. The van der Waals surface area contributed by atoms with Crippen LogP contribution in [0.4, 0.5) is 5.69 Å². The zero-order valence-corrected chi connectivity index (χ0v) is 15.0. The lowest BCUT2D eigenvalue weighted by atomic mass is 10.1. The van der Waals surface area contributed by atoms with Crippen molar-refractivity contribution in [2.75, 3.05) is 5.32 Å². The van der Waals surface area contributed by atoms with Crippen LogP contribution in [0, 0.1) is 0 Å². The fourth-order valence-corrected chi connectivity index (χ4v) is 3.65. The van der Waals surface area contributed by atoms with Crippen LogP contribution in [-0.2, 0) is 17.1 Å². The van der Waals surface area contributed by atoms with E-state index in [0.29, 0.717) is 27.6 Å². The SMILES string of the molecule is O=C1OCc2ccc(NC(=O)c3cccnc3SCc3ccncc3)cc21. The Morgan fingerprint density at radius 1 is 1.15 bits per heavy atom. The average molecular weight is 377 g/mol. The van der Waals surface area contributed by atoms with Crippen molar-refractivity contribution in [2.24, 2.45) is 0 Å². The Labute approximate surface area is 160 Å². The van der Waals surface area contributed by atoms with E-state index in [1.807, 2.05) is 12.1 Å². The number of fused-ring (bicyclic) bond motifs is 1. The van der Waals surface area contributed by atoms with Crippen LogP contribution >= 0.6 is 11.8 Å². The maximum atomic E-state index is 12.7. The van der Waals surface area contributed by atoms with E-state index in [0.717, 1.165) is 11.1 Å². The molecule has 1 aliphatic heterocycles. The van der Waals surface area contributed by atoms with Crippen molar-refractivity contribution in [1.29, 1.82) is 0 Å². The summed E-state index contributed by atoms with van der Waals surface area (Å²) < 4.78 is 4.99. The summed E-state index contributed by atoms with van der Waals surface area (Å²) in [6.07, 6.45) is 5.14. The Morgan fingerprint density at radius 2 is 2.00 bits per heavy atom. The molecule has 1 aliphatic rings. The Bertz CT molecular complexity index is 1010. The van der Waals surface area contributed by atoms with Gasteiger partial charge in [0.1, 0.15) is 11.6 Å². The van der Waals surface area contributed by atoms with Gasteiger partial charge < -0.3 is 10.1 Å². The minimum Gasteiger partial charge on any atom is -0.457 e. The number of aromatic nitrogens is 2. The minimum atomic E-state index is -0.365. The second kappa shape index (κ2) is 7.59. The molecule has 7 heteroatoms. The summed E-state index contributed by atoms with van der Waals surface area (Å²) in [6, 6.07) is 12.5. The second-order valence-electron chi connectivity index (χ2n) is 5.90. The van der Waals surface area contributed by atoms with Crippen LogP contribution in [0.25, 0.3) is 0 Å². The summed E-state index contributed by atoms with van der Waals surface area (Å²) in [5, 5.41) is 3.48. The molecular formula is C20H15N3O3S. The van der Waals surface area contributed by atoms with Gasteiger partial charge in [-0.05, 0) is 42.0 Å². The molecular weight excluding hydrogens is 362 g/mol. The van der Waals surface area contributed by atoms with Gasteiger partial charge in [-0.25, -0.2) is 9.78 Å². The summed E-state index contributed by atoms with van der Waals surface area (Å²) in [7, 11) is 0. The van der Waals surface area contributed by atoms with Gasteiger partial charge in [0.25, 0.3) is 5.91 Å². The molecule has 1 N–H and O–H groups in total. The van der Waals surface area contributed by atoms with Crippen molar-refractivity contribution in [3.05, 3.63) is 83.3 Å². The molecule has 1 amide bonds. The van der Waals surface area contributed by atoms with E-state index in [-0.39, 0.29) is 18.5 Å². The predicted molar refractivity (Wildman–Crippen MR) is 102 cm³/mol. The number of esters is 1. The number of hydrogen-bond donors (Lipinski definition) is 1. The van der Waals surface area contributed by atoms with Crippen molar-refractivity contribution in [2.45, 2.75) is 17.4 Å². The lowest BCUT2D eigenvalue weighted by molar-refractivity contribution is 0.0535. The van der Waals surface area contributed by atoms with E-state index in [4.69, 9.17) is 4.74 Å². The monoisotopic (exact) mass is 377 g/mol. The van der Waals surface area contributed by atoms with Crippen molar-refractivity contribution in [1.82, 2.24) is 9.97 Å². The number of ether oxygens (including phenoxy) is 1. The first-order chi connectivity index (χ1) is 13.2. The fourth-order valence-electron chi connectivity index (χ4n) is 2.70. The van der Waals surface area contributed by atoms with E-state index in [2.05, 4.69) is 15.3 Å². The van der Waals surface area contributed by atoms with Gasteiger partial charge in [0, 0.05) is 35.6 Å². The third-order valence-electron chi connectivity index (χ3n) is 4.09. The number of benzene rings is 1. The molecule has 4 rings (SSSR count). The molecule has 1 aromatic carbocycles. The number of cyclic esters (lactones) is 1. The number of nitrogens with zero attached hydrogens (tertiary/aromatic N) is 2. The molecule has 0 aliphatic carbocycles. The van der Waals surface area contributed by atoms with Crippen LogP contribution in [0.5, 0.6) is 0 Å². The van der Waals surface area contributed by atoms with Gasteiger partial charge in [-0.2, -0.15) is 0 Å². The van der Waals surface area contributed by atoms with Crippen molar-refractivity contribution in [3.63, 3.8) is 0 Å². The Kier molecular flexibility index (Phi) is 4.84. The first kappa shape index (κ1) is 17.2. The molecule has 0 unspecified atom stereocenters. The highest BCUT2D eigenvalue weighted by Gasteiger charge is 2.22. The van der Waals surface area contributed by atoms with Crippen LogP contribution in [0.2, 0.25) is 0 Å². The maximum absolute atomic E-state index is 12.7. The van der Waals surface area contributed by atoms with Gasteiger partial charge in [0.05, 0.1) is 11.1 Å². The molecule has 27 heavy (non-hydrogen) atoms. The molecule has 6 nitrogen and oxygen atoms in total. The molecule has 0 atom stereocenters. The molecule has 0 bridgehead atoms. The standard InChI is InChI=1S/C20H15N3O3S/c24-18(23-15-4-3-14-11-26-20(25)17(14)10-15)16-2-1-7-22-19(16)27-12-13-5-8-21-9-6-13/h1-10H,11-12H2,(H,23,24). The summed E-state index contributed by atoms with van der Waals surface area (Å²) in [5.74, 6) is 0.0486. The van der Waals surface area contributed by atoms with Crippen LogP contribution in [-0.4, -0.2) is 21.8 Å². The number of carbonyl (C=O) groups excluding carboxylic acids is 2. The second-order valence-corrected chi connectivity index (χ2v) is 6.87. The van der Waals surface area contributed by atoms with Crippen LogP contribution in [0.3, 0.4) is 0 Å². The number of thioether (sulfide) groups is 1. The fraction of sp³-hybridized carbons (Fsp3) is 0.100. The summed E-state index contributed by atoms with van der Waals surface area (Å²) >= 11 is 1.49. The maximum Gasteiger partial charge on any atom is 0.338 e. The number of anilines is 1. The van der Waals surface area contributed by atoms with E-state index in [9.17, 15) is 9.59 Å². The van der Waals surface area contributed by atoms with E-state index in [1.54, 1.807) is 48.9 Å². The van der Waals surface area contributed by atoms with Crippen molar-refractivity contribution < 1.29 is 14.3 Å². The molecule has 0 fully saturated rings. The molecule has 3 aromatic rings. The Morgan fingerprint density at radius 3 is 2.85 bits per heavy atom. The lowest BCUT2D eigenvalue weighted by Gasteiger charge is -2.10. The van der Waals surface area contributed by atoms with Crippen LogP contribution in [0.1, 0.15) is 31.8 Å². The number of nitrogens with one attached hydrogen (secondary N) is 1. The number of carbonyl (C=O) groups is 2. The van der Waals surface area contributed by atoms with Gasteiger partial charge in [-0.15, -0.1) is 11.8 Å². The third-order valence-corrected chi connectivity index (χ3v) is 5.16. The van der Waals surface area contributed by atoms with Gasteiger partial charge in [0.2, 0.25) is 0 Å². The van der Waals surface area contributed by atoms with Crippen molar-refractivity contribution >= 4 is 29.3 Å². The average Bonchev–Trinajstić information content (AvgIpc) is 3.08. The molecule has 2 aromatic heterocycles. The van der Waals surface area contributed by atoms with E-state index in [1.165, 1.54) is 11.8 Å². The number of amides is 1. The highest BCUT2D eigenvalue weighted by atomic mass is 32.2. The number of rotatable bonds is 5. The van der Waals surface area contributed by atoms with Crippen molar-refractivity contribution in [3.8, 4) is 0 Å². The first-order valence-corrected chi connectivity index (χ1v) is 9.27. The highest BCUT2D eigenvalue weighted by Crippen LogP contribution is 2.26. The third kappa shape index (κ3) is 3.83. The molecule has 134 valence electrons. The minimum absolute atomic E-state index is 0.272. The molecule has 0 saturated carbocycles. The smallest absolute Gasteiger partial charge is 0.338 e. The summed E-state index contributed by atoms with van der Waals surface area (Å²) in [5.41, 5.74) is 3.45. The normalized spacial score (nSPS) is 12.4. The summed E-state index contributed by atoms with van der Waals surface area (Å²) in [6.45, 7) is 0.279. The quantitative estimate of drug-likeness (QED) is 0.539. The topological polar surface area (TPSA) is 81.2 Å². The Hall–Kier alpha value is -3.19. The molecule has 0 spiro atoms. The number of pyridine rings is 2. The zero-order chi connectivity index (χ0) is 18.6. The lowest BCUT2D eigenvalue weighted by Crippen LogP contribution is -2.14. The Balaban J connectivity index is 1.51. The van der Waals surface area contributed by atoms with E-state index < -0.39 is 0 Å². The van der Waals surface area contributed by atoms with Gasteiger partial charge in [-0.3, -0.25) is 9.78 Å². The first-order valence-electron chi connectivity index (χ1n) is 8.29. The predicted octanol–water partition coefficient (Wildman–Crippen LogP) is 3.69. The van der Waals surface area contributed by atoms with E-state index >= 15 is 0 Å². The number of hydrogen-bond acceptors (Lipinski definition) is 6. The van der Waals surface area contributed by atoms with Gasteiger partial charge in [-0.1, -0.05) is 6.07 Å². The molecule has 0 saturated heterocycles. The van der Waals surface area contributed by atoms with Crippen LogP contribution < -0.4 is 5.32 Å². The molecule has 3 heterocycles.